The predicted octanol–water partition coefficient (Wildman–Crippen LogP) is 2.29. The molecule has 1 aliphatic heterocycles. The zero-order chi connectivity index (χ0) is 14.8. The van der Waals surface area contributed by atoms with E-state index in [4.69, 9.17) is 11.6 Å². The van der Waals surface area contributed by atoms with Crippen molar-refractivity contribution in [1.29, 1.82) is 0 Å². The van der Waals surface area contributed by atoms with Gasteiger partial charge < -0.3 is 10.0 Å². The van der Waals surface area contributed by atoms with Crippen LogP contribution in [0.4, 0.5) is 0 Å². The Morgan fingerprint density at radius 3 is 3.29 bits per heavy atom. The van der Waals surface area contributed by atoms with Crippen molar-refractivity contribution in [2.75, 3.05) is 19.7 Å². The van der Waals surface area contributed by atoms with Crippen molar-refractivity contribution in [2.45, 2.75) is 12.8 Å². The van der Waals surface area contributed by atoms with Crippen LogP contribution in [0.5, 0.6) is 0 Å². The molecule has 1 unspecified atom stereocenters. The molecule has 1 fully saturated rings. The van der Waals surface area contributed by atoms with Crippen molar-refractivity contribution in [3.63, 3.8) is 0 Å². The minimum atomic E-state index is -0.0469. The average molecular weight is 326 g/mol. The SMILES string of the molecule is O=C(/C=C/c1c(Cl)nc2sccn12)N1CCCC(CO)C1. The number of hydrogen-bond donors (Lipinski definition) is 1. The van der Waals surface area contributed by atoms with Crippen LogP contribution in [0.15, 0.2) is 17.7 Å². The van der Waals surface area contributed by atoms with Crippen molar-refractivity contribution < 1.29 is 9.90 Å². The molecule has 2 aromatic heterocycles. The van der Waals surface area contributed by atoms with Crippen LogP contribution in [0.2, 0.25) is 5.15 Å². The molecule has 1 N–H and O–H groups in total. The second-order valence-corrected chi connectivity index (χ2v) is 6.38. The maximum Gasteiger partial charge on any atom is 0.246 e. The molecule has 1 saturated heterocycles. The lowest BCUT2D eigenvalue weighted by Gasteiger charge is -2.31. The number of aromatic nitrogens is 2. The van der Waals surface area contributed by atoms with Crippen LogP contribution in [-0.2, 0) is 4.79 Å². The highest BCUT2D eigenvalue weighted by atomic mass is 35.5. The summed E-state index contributed by atoms with van der Waals surface area (Å²) in [7, 11) is 0. The Morgan fingerprint density at radius 1 is 1.62 bits per heavy atom. The van der Waals surface area contributed by atoms with Gasteiger partial charge in [-0.2, -0.15) is 0 Å². The molecule has 0 saturated carbocycles. The number of fused-ring (bicyclic) bond motifs is 1. The molecule has 112 valence electrons. The van der Waals surface area contributed by atoms with Gasteiger partial charge in [-0.25, -0.2) is 4.98 Å². The van der Waals surface area contributed by atoms with Gasteiger partial charge in [0.2, 0.25) is 5.91 Å². The van der Waals surface area contributed by atoms with Gasteiger partial charge in [0.05, 0.1) is 5.69 Å². The first kappa shape index (κ1) is 14.6. The lowest BCUT2D eigenvalue weighted by Crippen LogP contribution is -2.40. The molecule has 1 aliphatic rings. The van der Waals surface area contributed by atoms with E-state index in [9.17, 15) is 9.90 Å². The summed E-state index contributed by atoms with van der Waals surface area (Å²) in [5.41, 5.74) is 0.719. The molecule has 3 heterocycles. The number of amides is 1. The minimum absolute atomic E-state index is 0.0469. The van der Waals surface area contributed by atoms with E-state index in [1.165, 1.54) is 17.4 Å². The Kier molecular flexibility index (Phi) is 4.28. The number of carbonyl (C=O) groups excluding carboxylic acids is 1. The van der Waals surface area contributed by atoms with Crippen molar-refractivity contribution in [2.24, 2.45) is 5.92 Å². The van der Waals surface area contributed by atoms with E-state index in [1.54, 1.807) is 11.0 Å². The zero-order valence-corrected chi connectivity index (χ0v) is 13.0. The molecule has 0 bridgehead atoms. The number of piperidine rings is 1. The van der Waals surface area contributed by atoms with Crippen LogP contribution >= 0.6 is 22.9 Å². The Morgan fingerprint density at radius 2 is 2.48 bits per heavy atom. The van der Waals surface area contributed by atoms with Gasteiger partial charge in [0.15, 0.2) is 10.1 Å². The van der Waals surface area contributed by atoms with Gasteiger partial charge in [0, 0.05) is 37.3 Å². The standard InChI is InChI=1S/C14H16ClN3O2S/c15-13-11(18-6-7-21-14(18)16-13)3-4-12(20)17-5-1-2-10(8-17)9-19/h3-4,6-7,10,19H,1-2,5,8-9H2/b4-3+. The van der Waals surface area contributed by atoms with Crippen LogP contribution < -0.4 is 0 Å². The van der Waals surface area contributed by atoms with Crippen molar-refractivity contribution in [3.8, 4) is 0 Å². The summed E-state index contributed by atoms with van der Waals surface area (Å²) in [6.07, 6.45) is 7.04. The summed E-state index contributed by atoms with van der Waals surface area (Å²) in [6, 6.07) is 0. The monoisotopic (exact) mass is 325 g/mol. The number of imidazole rings is 1. The topological polar surface area (TPSA) is 57.8 Å². The first-order valence-electron chi connectivity index (χ1n) is 6.88. The second kappa shape index (κ2) is 6.17. The highest BCUT2D eigenvalue weighted by Crippen LogP contribution is 2.23. The fraction of sp³-hybridized carbons (Fsp3) is 0.429. The lowest BCUT2D eigenvalue weighted by atomic mass is 9.99. The van der Waals surface area contributed by atoms with E-state index >= 15 is 0 Å². The van der Waals surface area contributed by atoms with Crippen LogP contribution in [0, 0.1) is 5.92 Å². The van der Waals surface area contributed by atoms with E-state index in [2.05, 4.69) is 4.98 Å². The third kappa shape index (κ3) is 2.97. The number of halogens is 1. The van der Waals surface area contributed by atoms with E-state index < -0.39 is 0 Å². The second-order valence-electron chi connectivity index (χ2n) is 5.15. The third-order valence-electron chi connectivity index (χ3n) is 3.73. The van der Waals surface area contributed by atoms with Gasteiger partial charge in [0.25, 0.3) is 0 Å². The van der Waals surface area contributed by atoms with Gasteiger partial charge in [-0.05, 0) is 24.8 Å². The third-order valence-corrected chi connectivity index (χ3v) is 4.76. The van der Waals surface area contributed by atoms with Crippen molar-refractivity contribution >= 4 is 39.9 Å². The molecule has 0 aliphatic carbocycles. The Bertz CT molecular complexity index is 679. The van der Waals surface area contributed by atoms with E-state index in [0.717, 1.165) is 30.0 Å². The summed E-state index contributed by atoms with van der Waals surface area (Å²) in [4.78, 5) is 19.0. The number of carbonyl (C=O) groups is 1. The van der Waals surface area contributed by atoms with Crippen LogP contribution in [-0.4, -0.2) is 45.0 Å². The average Bonchev–Trinajstić information content (AvgIpc) is 3.05. The molecular formula is C14H16ClN3O2S. The molecule has 5 nitrogen and oxygen atoms in total. The molecule has 0 aromatic carbocycles. The number of nitrogens with zero attached hydrogens (tertiary/aromatic N) is 3. The van der Waals surface area contributed by atoms with E-state index in [-0.39, 0.29) is 18.4 Å². The van der Waals surface area contributed by atoms with Crippen LogP contribution in [0.1, 0.15) is 18.5 Å². The van der Waals surface area contributed by atoms with Gasteiger partial charge in [-0.15, -0.1) is 11.3 Å². The first-order chi connectivity index (χ1) is 10.2. The zero-order valence-electron chi connectivity index (χ0n) is 11.4. The summed E-state index contributed by atoms with van der Waals surface area (Å²) in [6.45, 7) is 1.50. The molecule has 7 heteroatoms. The molecular weight excluding hydrogens is 310 g/mol. The maximum absolute atomic E-state index is 12.2. The van der Waals surface area contributed by atoms with Gasteiger partial charge in [0.1, 0.15) is 0 Å². The number of hydrogen-bond acceptors (Lipinski definition) is 4. The van der Waals surface area contributed by atoms with E-state index in [0.29, 0.717) is 11.7 Å². The molecule has 0 radical (unpaired) electrons. The van der Waals surface area contributed by atoms with Crippen molar-refractivity contribution in [1.82, 2.24) is 14.3 Å². The first-order valence-corrected chi connectivity index (χ1v) is 8.13. The molecule has 0 spiro atoms. The number of likely N-dealkylation sites (tertiary alicyclic amines) is 1. The quantitative estimate of drug-likeness (QED) is 0.881. The van der Waals surface area contributed by atoms with Crippen LogP contribution in [0.3, 0.4) is 0 Å². The molecule has 21 heavy (non-hydrogen) atoms. The summed E-state index contributed by atoms with van der Waals surface area (Å²) < 4.78 is 1.86. The van der Waals surface area contributed by atoms with Crippen LogP contribution in [0.25, 0.3) is 11.0 Å². The normalized spacial score (nSPS) is 19.7. The molecule has 1 atom stereocenters. The number of aliphatic hydroxyl groups is 1. The number of thiazole rings is 1. The summed E-state index contributed by atoms with van der Waals surface area (Å²) >= 11 is 7.59. The highest BCUT2D eigenvalue weighted by molar-refractivity contribution is 7.15. The predicted molar refractivity (Wildman–Crippen MR) is 83.5 cm³/mol. The van der Waals surface area contributed by atoms with Gasteiger partial charge in [-0.1, -0.05) is 11.6 Å². The van der Waals surface area contributed by atoms with Gasteiger partial charge >= 0.3 is 0 Å². The highest BCUT2D eigenvalue weighted by Gasteiger charge is 2.21. The fourth-order valence-electron chi connectivity index (χ4n) is 2.60. The van der Waals surface area contributed by atoms with Gasteiger partial charge in [-0.3, -0.25) is 9.20 Å². The Hall–Kier alpha value is -1.37. The number of rotatable bonds is 3. The largest absolute Gasteiger partial charge is 0.396 e. The molecule has 3 rings (SSSR count). The maximum atomic E-state index is 12.2. The smallest absolute Gasteiger partial charge is 0.246 e. The Balaban J connectivity index is 1.74. The van der Waals surface area contributed by atoms with Crippen molar-refractivity contribution in [3.05, 3.63) is 28.5 Å². The van der Waals surface area contributed by atoms with E-state index in [1.807, 2.05) is 16.0 Å². The number of aliphatic hydroxyl groups excluding tert-OH is 1. The molecule has 1 amide bonds. The fourth-order valence-corrected chi connectivity index (χ4v) is 3.60. The summed E-state index contributed by atoms with van der Waals surface area (Å²) in [5.74, 6) is 0.146. The summed E-state index contributed by atoms with van der Waals surface area (Å²) in [5, 5.41) is 11.5. The molecule has 2 aromatic rings. The lowest BCUT2D eigenvalue weighted by molar-refractivity contribution is -0.127. The minimum Gasteiger partial charge on any atom is -0.396 e. The Labute approximate surface area is 131 Å².